The van der Waals surface area contributed by atoms with Gasteiger partial charge in [-0.25, -0.2) is 0 Å². The van der Waals surface area contributed by atoms with E-state index in [4.69, 9.17) is 14.2 Å². The molecule has 1 aromatic heterocycles. The first-order valence-electron chi connectivity index (χ1n) is 5.54. The molecule has 1 fully saturated rings. The summed E-state index contributed by atoms with van der Waals surface area (Å²) in [5.74, 6) is 0.809. The van der Waals surface area contributed by atoms with Gasteiger partial charge in [-0.2, -0.15) is 0 Å². The third kappa shape index (κ3) is 3.66. The van der Waals surface area contributed by atoms with Crippen molar-refractivity contribution in [1.82, 2.24) is 11.1 Å². The molecule has 2 atom stereocenters. The summed E-state index contributed by atoms with van der Waals surface area (Å²) >= 11 is 0. The molecule has 1 aliphatic rings. The van der Waals surface area contributed by atoms with E-state index in [1.54, 1.807) is 12.4 Å². The number of ether oxygens (including phenoxy) is 3. The average molecular weight is 240 g/mol. The quantitative estimate of drug-likeness (QED) is 0.870. The van der Waals surface area contributed by atoms with E-state index in [9.17, 15) is 0 Å². The minimum absolute atomic E-state index is 0. The molecule has 17 heavy (non-hydrogen) atoms. The lowest BCUT2D eigenvalue weighted by molar-refractivity contribution is -0.122. The Balaban J connectivity index is 0.00000144. The summed E-state index contributed by atoms with van der Waals surface area (Å²) in [5, 5.41) is 0. The fourth-order valence-corrected chi connectivity index (χ4v) is 1.63. The van der Waals surface area contributed by atoms with Gasteiger partial charge in [-0.3, -0.25) is 4.98 Å². The largest absolute Gasteiger partial charge is 0.486 e. The molecule has 0 aliphatic carbocycles. The second kappa shape index (κ2) is 6.54. The highest BCUT2D eigenvalue weighted by atomic mass is 16.6. The smallest absolute Gasteiger partial charge is 0.141 e. The summed E-state index contributed by atoms with van der Waals surface area (Å²) in [6.07, 6.45) is 3.47. The van der Waals surface area contributed by atoms with Gasteiger partial charge in [0.1, 0.15) is 18.0 Å². The molecule has 0 bridgehead atoms. The zero-order valence-electron chi connectivity index (χ0n) is 10.4. The van der Waals surface area contributed by atoms with Crippen LogP contribution in [0.25, 0.3) is 0 Å². The summed E-state index contributed by atoms with van der Waals surface area (Å²) < 4.78 is 16.7. The molecule has 5 nitrogen and oxygen atoms in total. The maximum Gasteiger partial charge on any atom is 0.141 e. The Morgan fingerprint density at radius 3 is 2.94 bits per heavy atom. The molecule has 0 radical (unpaired) electrons. The second-order valence-electron chi connectivity index (χ2n) is 3.95. The average Bonchev–Trinajstić information content (AvgIpc) is 2.33. The van der Waals surface area contributed by atoms with E-state index in [1.807, 2.05) is 19.9 Å². The third-order valence-electron chi connectivity index (χ3n) is 2.67. The van der Waals surface area contributed by atoms with Gasteiger partial charge in [0.2, 0.25) is 0 Å². The number of aryl methyl sites for hydroxylation is 1. The van der Waals surface area contributed by atoms with Crippen molar-refractivity contribution in [3.05, 3.63) is 24.0 Å². The first-order valence-corrected chi connectivity index (χ1v) is 5.54. The number of hydrogen-bond donors (Lipinski definition) is 1. The summed E-state index contributed by atoms with van der Waals surface area (Å²) in [6.45, 7) is 5.91. The van der Waals surface area contributed by atoms with E-state index in [1.165, 1.54) is 0 Å². The van der Waals surface area contributed by atoms with Crippen molar-refractivity contribution in [2.75, 3.05) is 19.8 Å². The van der Waals surface area contributed by atoms with Crippen molar-refractivity contribution in [3.63, 3.8) is 0 Å². The zero-order chi connectivity index (χ0) is 11.4. The number of pyridine rings is 1. The molecule has 0 saturated carbocycles. The Morgan fingerprint density at radius 2 is 2.29 bits per heavy atom. The van der Waals surface area contributed by atoms with E-state index in [-0.39, 0.29) is 18.4 Å². The highest BCUT2D eigenvalue weighted by molar-refractivity contribution is 5.28. The van der Waals surface area contributed by atoms with Gasteiger partial charge in [0.25, 0.3) is 0 Å². The number of aromatic nitrogens is 1. The maximum absolute atomic E-state index is 5.82. The number of hydrogen-bond acceptors (Lipinski definition) is 5. The lowest BCUT2D eigenvalue weighted by atomic mass is 10.2. The van der Waals surface area contributed by atoms with Gasteiger partial charge < -0.3 is 20.4 Å². The van der Waals surface area contributed by atoms with Crippen LogP contribution < -0.4 is 10.9 Å². The van der Waals surface area contributed by atoms with Crippen LogP contribution in [0.15, 0.2) is 18.5 Å². The predicted molar refractivity (Wildman–Crippen MR) is 64.6 cm³/mol. The Kier molecular flexibility index (Phi) is 5.34. The molecule has 0 amide bonds. The van der Waals surface area contributed by atoms with E-state index >= 15 is 0 Å². The lowest BCUT2D eigenvalue weighted by Crippen LogP contribution is -2.40. The molecule has 2 rings (SSSR count). The minimum atomic E-state index is -0.0248. The van der Waals surface area contributed by atoms with Gasteiger partial charge in [-0.05, 0) is 25.5 Å². The van der Waals surface area contributed by atoms with E-state index in [0.717, 1.165) is 11.3 Å². The van der Waals surface area contributed by atoms with Crippen molar-refractivity contribution in [3.8, 4) is 5.75 Å². The summed E-state index contributed by atoms with van der Waals surface area (Å²) in [6, 6.07) is 1.93. The highest BCUT2D eigenvalue weighted by Crippen LogP contribution is 2.19. The molecule has 1 aromatic rings. The van der Waals surface area contributed by atoms with Crippen LogP contribution in [0.2, 0.25) is 0 Å². The fraction of sp³-hybridized carbons (Fsp3) is 0.583. The predicted octanol–water partition coefficient (Wildman–Crippen LogP) is 1.73. The van der Waals surface area contributed by atoms with Gasteiger partial charge in [0.05, 0.1) is 26.0 Å². The maximum atomic E-state index is 5.82. The van der Waals surface area contributed by atoms with Crippen molar-refractivity contribution in [2.24, 2.45) is 0 Å². The van der Waals surface area contributed by atoms with E-state index in [0.29, 0.717) is 19.8 Å². The van der Waals surface area contributed by atoms with Crippen molar-refractivity contribution < 1.29 is 14.2 Å². The summed E-state index contributed by atoms with van der Waals surface area (Å²) in [5.41, 5.74) is 1.08. The van der Waals surface area contributed by atoms with E-state index in [2.05, 4.69) is 4.98 Å². The van der Waals surface area contributed by atoms with Gasteiger partial charge in [-0.1, -0.05) is 0 Å². The summed E-state index contributed by atoms with van der Waals surface area (Å²) in [7, 11) is 0. The minimum Gasteiger partial charge on any atom is -0.486 e. The van der Waals surface area contributed by atoms with Crippen LogP contribution in [-0.2, 0) is 9.47 Å². The van der Waals surface area contributed by atoms with Crippen molar-refractivity contribution in [2.45, 2.75) is 26.1 Å². The van der Waals surface area contributed by atoms with Gasteiger partial charge >= 0.3 is 0 Å². The Morgan fingerprint density at radius 1 is 1.47 bits per heavy atom. The van der Waals surface area contributed by atoms with Gasteiger partial charge in [0.15, 0.2) is 0 Å². The van der Waals surface area contributed by atoms with Crippen LogP contribution in [0.1, 0.15) is 12.5 Å². The fourth-order valence-electron chi connectivity index (χ4n) is 1.63. The van der Waals surface area contributed by atoms with Gasteiger partial charge in [0, 0.05) is 6.20 Å². The van der Waals surface area contributed by atoms with Crippen LogP contribution >= 0.6 is 0 Å². The zero-order valence-corrected chi connectivity index (χ0v) is 10.4. The molecular formula is C12H20N2O3. The molecule has 5 heteroatoms. The topological polar surface area (TPSA) is 75.6 Å². The van der Waals surface area contributed by atoms with Gasteiger partial charge in [-0.15, -0.1) is 0 Å². The highest BCUT2D eigenvalue weighted by Gasteiger charge is 2.23. The molecule has 1 unspecified atom stereocenters. The molecule has 1 saturated heterocycles. The van der Waals surface area contributed by atoms with Crippen LogP contribution in [0, 0.1) is 6.92 Å². The van der Waals surface area contributed by atoms with Crippen LogP contribution in [0.4, 0.5) is 0 Å². The lowest BCUT2D eigenvalue weighted by Gasteiger charge is -2.28. The van der Waals surface area contributed by atoms with Crippen LogP contribution in [-0.4, -0.2) is 37.0 Å². The summed E-state index contributed by atoms with van der Waals surface area (Å²) in [4.78, 5) is 4.05. The molecular weight excluding hydrogens is 220 g/mol. The first kappa shape index (κ1) is 13.9. The van der Waals surface area contributed by atoms with E-state index < -0.39 is 0 Å². The van der Waals surface area contributed by atoms with Crippen molar-refractivity contribution >= 4 is 0 Å². The molecule has 96 valence electrons. The van der Waals surface area contributed by atoms with Crippen molar-refractivity contribution in [1.29, 1.82) is 0 Å². The Bertz CT molecular complexity index is 340. The molecule has 2 heterocycles. The number of nitrogens with zero attached hydrogens (tertiary/aromatic N) is 1. The first-order chi connectivity index (χ1) is 7.77. The van der Waals surface area contributed by atoms with Crippen LogP contribution in [0.5, 0.6) is 5.75 Å². The second-order valence-corrected chi connectivity index (χ2v) is 3.95. The molecule has 0 spiro atoms. The molecule has 0 aromatic carbocycles. The van der Waals surface area contributed by atoms with Crippen LogP contribution in [0.3, 0.4) is 0 Å². The third-order valence-corrected chi connectivity index (χ3v) is 2.67. The normalized spacial score (nSPS) is 21.4. The Labute approximate surface area is 102 Å². The standard InChI is InChI=1S/C12H17NO3.H3N/c1-9-3-4-13-7-11(9)16-10(2)12-8-14-5-6-15-12;/h3-4,7,10,12H,5-6,8H2,1-2H3;1H3/t10-,12?;/m0./s1. The molecule has 3 N–H and O–H groups in total. The Hall–Kier alpha value is -1.17. The molecule has 1 aliphatic heterocycles. The SMILES string of the molecule is Cc1ccncc1O[C@@H](C)C1COCCO1.N. The number of rotatable bonds is 3. The monoisotopic (exact) mass is 240 g/mol.